The third-order valence-electron chi connectivity index (χ3n) is 4.87. The number of Topliss-reactive ketones (excluding diaryl/α,β-unsaturated/α-hetero) is 1. The van der Waals surface area contributed by atoms with Crippen molar-refractivity contribution in [3.63, 3.8) is 0 Å². The van der Waals surface area contributed by atoms with E-state index in [-0.39, 0.29) is 18.6 Å². The van der Waals surface area contributed by atoms with Crippen LogP contribution in [0.3, 0.4) is 0 Å². The van der Waals surface area contributed by atoms with Crippen LogP contribution in [-0.4, -0.2) is 40.1 Å². The van der Waals surface area contributed by atoms with E-state index in [0.29, 0.717) is 16.7 Å². The first-order valence-corrected chi connectivity index (χ1v) is 9.11. The minimum Gasteiger partial charge on any atom is -0.320 e. The predicted octanol–water partition coefficient (Wildman–Crippen LogP) is 3.87. The number of likely N-dealkylation sites (tertiary alicyclic amines) is 1. The average molecular weight is 395 g/mol. The summed E-state index contributed by atoms with van der Waals surface area (Å²) in [5, 5.41) is 9.02. The van der Waals surface area contributed by atoms with E-state index in [9.17, 15) is 18.4 Å². The van der Waals surface area contributed by atoms with Crippen molar-refractivity contribution < 1.29 is 18.4 Å². The topological polar surface area (TPSA) is 74.1 Å². The quantitative estimate of drug-likeness (QED) is 0.696. The van der Waals surface area contributed by atoms with Crippen molar-refractivity contribution in [3.05, 3.63) is 72.1 Å². The van der Waals surface area contributed by atoms with E-state index in [2.05, 4.69) is 11.6 Å². The number of pyridine rings is 1. The average Bonchev–Trinajstić information content (AvgIpc) is 3.06. The van der Waals surface area contributed by atoms with Crippen LogP contribution in [0.5, 0.6) is 0 Å². The molecule has 0 bridgehead atoms. The fraction of sp³-hybridized carbons (Fsp3) is 0.273. The molecule has 2 aromatic rings. The van der Waals surface area contributed by atoms with E-state index in [0.717, 1.165) is 10.5 Å². The van der Waals surface area contributed by atoms with E-state index in [1.54, 1.807) is 12.1 Å². The SMILES string of the molecule is C=C(c1ccccc1)c1cnccc1C(=O)CCC(=O)N1CC(F)(F)C[C@H]1C#N. The molecule has 148 valence electrons. The summed E-state index contributed by atoms with van der Waals surface area (Å²) in [5.41, 5.74) is 2.38. The number of carbonyl (C=O) groups excluding carboxylic acids is 2. The molecule has 7 heteroatoms. The van der Waals surface area contributed by atoms with Gasteiger partial charge >= 0.3 is 0 Å². The van der Waals surface area contributed by atoms with Crippen molar-refractivity contribution >= 4 is 17.3 Å². The fourth-order valence-corrected chi connectivity index (χ4v) is 3.37. The van der Waals surface area contributed by atoms with Gasteiger partial charge in [0.15, 0.2) is 5.78 Å². The highest BCUT2D eigenvalue weighted by Gasteiger charge is 2.47. The highest BCUT2D eigenvalue weighted by molar-refractivity contribution is 6.03. The summed E-state index contributed by atoms with van der Waals surface area (Å²) in [5.74, 6) is -4.02. The number of nitrogens with zero attached hydrogens (tertiary/aromatic N) is 3. The number of rotatable bonds is 6. The van der Waals surface area contributed by atoms with Crippen LogP contribution in [0.1, 0.15) is 40.7 Å². The Kier molecular flexibility index (Phi) is 5.83. The minimum absolute atomic E-state index is 0.155. The molecule has 1 fully saturated rings. The fourth-order valence-electron chi connectivity index (χ4n) is 3.37. The smallest absolute Gasteiger partial charge is 0.268 e. The van der Waals surface area contributed by atoms with Gasteiger partial charge in [-0.05, 0) is 17.2 Å². The lowest BCUT2D eigenvalue weighted by molar-refractivity contribution is -0.132. The van der Waals surface area contributed by atoms with E-state index in [4.69, 9.17) is 5.26 Å². The lowest BCUT2D eigenvalue weighted by Gasteiger charge is -2.19. The number of alkyl halides is 2. The van der Waals surface area contributed by atoms with Gasteiger partial charge < -0.3 is 4.90 Å². The minimum atomic E-state index is -3.08. The van der Waals surface area contributed by atoms with E-state index in [1.165, 1.54) is 12.4 Å². The largest absolute Gasteiger partial charge is 0.320 e. The summed E-state index contributed by atoms with van der Waals surface area (Å²) in [6.45, 7) is 3.26. The number of benzene rings is 1. The molecule has 1 aliphatic rings. The number of hydrogen-bond donors (Lipinski definition) is 0. The molecule has 29 heavy (non-hydrogen) atoms. The van der Waals surface area contributed by atoms with Crippen molar-refractivity contribution in [1.29, 1.82) is 5.26 Å². The molecule has 0 N–H and O–H groups in total. The molecule has 1 saturated heterocycles. The summed E-state index contributed by atoms with van der Waals surface area (Å²) in [6, 6.07) is 11.4. The number of carbonyl (C=O) groups is 2. The van der Waals surface area contributed by atoms with Crippen molar-refractivity contribution in [2.75, 3.05) is 6.54 Å². The summed E-state index contributed by atoms with van der Waals surface area (Å²) >= 11 is 0. The second-order valence-electron chi connectivity index (χ2n) is 6.92. The third-order valence-corrected chi connectivity index (χ3v) is 4.87. The molecule has 1 aliphatic heterocycles. The Morgan fingerprint density at radius 3 is 2.62 bits per heavy atom. The first-order chi connectivity index (χ1) is 13.8. The van der Waals surface area contributed by atoms with Crippen molar-refractivity contribution in [1.82, 2.24) is 9.88 Å². The lowest BCUT2D eigenvalue weighted by atomic mass is 9.94. The molecule has 0 aliphatic carbocycles. The molecule has 1 aromatic carbocycles. The van der Waals surface area contributed by atoms with Gasteiger partial charge in [-0.1, -0.05) is 36.9 Å². The van der Waals surface area contributed by atoms with Crippen LogP contribution in [0, 0.1) is 11.3 Å². The molecule has 0 saturated carbocycles. The molecule has 1 atom stereocenters. The lowest BCUT2D eigenvalue weighted by Crippen LogP contribution is -2.36. The van der Waals surface area contributed by atoms with Gasteiger partial charge in [0.05, 0.1) is 12.6 Å². The molecule has 3 rings (SSSR count). The first kappa shape index (κ1) is 20.3. The van der Waals surface area contributed by atoms with E-state index >= 15 is 0 Å². The number of nitriles is 1. The normalized spacial score (nSPS) is 17.6. The number of halogens is 2. The second kappa shape index (κ2) is 8.31. The maximum Gasteiger partial charge on any atom is 0.268 e. The number of amides is 1. The van der Waals surface area contributed by atoms with Gasteiger partial charge in [0.25, 0.3) is 5.92 Å². The molecule has 0 radical (unpaired) electrons. The maximum absolute atomic E-state index is 13.5. The Morgan fingerprint density at radius 1 is 1.21 bits per heavy atom. The van der Waals surface area contributed by atoms with E-state index < -0.39 is 30.8 Å². The molecule has 5 nitrogen and oxygen atoms in total. The number of aromatic nitrogens is 1. The molecule has 0 unspecified atom stereocenters. The summed E-state index contributed by atoms with van der Waals surface area (Å²) in [4.78, 5) is 30.0. The van der Waals surface area contributed by atoms with Gasteiger partial charge in [0, 0.05) is 42.8 Å². The van der Waals surface area contributed by atoms with Crippen LogP contribution in [0.2, 0.25) is 0 Å². The summed E-state index contributed by atoms with van der Waals surface area (Å²) in [7, 11) is 0. The standard InChI is InChI=1S/C22H19F2N3O2/c1-15(16-5-3-2-4-6-16)19-13-26-10-9-18(19)20(28)7-8-21(29)27-14-22(23,24)11-17(27)12-25/h2-6,9-10,13,17H,1,7-8,11,14H2/t17-/m0/s1. The number of hydrogen-bond acceptors (Lipinski definition) is 4. The van der Waals surface area contributed by atoms with Gasteiger partial charge in [-0.2, -0.15) is 5.26 Å². The molecule has 1 amide bonds. The Morgan fingerprint density at radius 2 is 1.93 bits per heavy atom. The predicted molar refractivity (Wildman–Crippen MR) is 103 cm³/mol. The molecule has 0 spiro atoms. The van der Waals surface area contributed by atoms with Gasteiger partial charge in [0.1, 0.15) is 6.04 Å². The third kappa shape index (κ3) is 4.54. The Bertz CT molecular complexity index is 983. The van der Waals surface area contributed by atoms with Crippen LogP contribution >= 0.6 is 0 Å². The van der Waals surface area contributed by atoms with Crippen molar-refractivity contribution in [2.24, 2.45) is 0 Å². The van der Waals surface area contributed by atoms with Crippen LogP contribution in [0.25, 0.3) is 5.57 Å². The van der Waals surface area contributed by atoms with Gasteiger partial charge in [-0.15, -0.1) is 0 Å². The van der Waals surface area contributed by atoms with Gasteiger partial charge in [0.2, 0.25) is 5.91 Å². The van der Waals surface area contributed by atoms with Crippen molar-refractivity contribution in [3.8, 4) is 6.07 Å². The van der Waals surface area contributed by atoms with Crippen LogP contribution in [-0.2, 0) is 4.79 Å². The Balaban J connectivity index is 1.72. The zero-order chi connectivity index (χ0) is 21.0. The monoisotopic (exact) mass is 395 g/mol. The van der Waals surface area contributed by atoms with E-state index in [1.807, 2.05) is 30.3 Å². The Hall–Kier alpha value is -3.40. The Labute approximate surface area is 167 Å². The molecular weight excluding hydrogens is 376 g/mol. The second-order valence-corrected chi connectivity index (χ2v) is 6.92. The van der Waals surface area contributed by atoms with Gasteiger partial charge in [-0.25, -0.2) is 8.78 Å². The van der Waals surface area contributed by atoms with Crippen LogP contribution < -0.4 is 0 Å². The van der Waals surface area contributed by atoms with Gasteiger partial charge in [-0.3, -0.25) is 14.6 Å². The zero-order valence-corrected chi connectivity index (χ0v) is 15.6. The highest BCUT2D eigenvalue weighted by Crippen LogP contribution is 2.32. The molecular formula is C22H19F2N3O2. The summed E-state index contributed by atoms with van der Waals surface area (Å²) < 4.78 is 27.1. The van der Waals surface area contributed by atoms with Crippen LogP contribution in [0.4, 0.5) is 8.78 Å². The first-order valence-electron chi connectivity index (χ1n) is 9.11. The maximum atomic E-state index is 13.5. The molecule has 1 aromatic heterocycles. The summed E-state index contributed by atoms with van der Waals surface area (Å²) in [6.07, 6.45) is 1.94. The van der Waals surface area contributed by atoms with Crippen molar-refractivity contribution in [2.45, 2.75) is 31.2 Å². The highest BCUT2D eigenvalue weighted by atomic mass is 19.3. The van der Waals surface area contributed by atoms with Crippen LogP contribution in [0.15, 0.2) is 55.4 Å². The zero-order valence-electron chi connectivity index (χ0n) is 15.6. The molecule has 2 heterocycles. The number of ketones is 1.